The van der Waals surface area contributed by atoms with Crippen molar-refractivity contribution in [2.75, 3.05) is 37.2 Å². The summed E-state index contributed by atoms with van der Waals surface area (Å²) in [4.78, 5) is 30.2. The van der Waals surface area contributed by atoms with Crippen LogP contribution in [0.2, 0.25) is 0 Å². The van der Waals surface area contributed by atoms with Gasteiger partial charge in [-0.1, -0.05) is 30.3 Å². The van der Waals surface area contributed by atoms with Gasteiger partial charge in [0.05, 0.1) is 17.6 Å². The van der Waals surface area contributed by atoms with Gasteiger partial charge in [-0.05, 0) is 36.2 Å². The van der Waals surface area contributed by atoms with Crippen molar-refractivity contribution in [1.29, 1.82) is 0 Å². The van der Waals surface area contributed by atoms with Gasteiger partial charge in [0.1, 0.15) is 12.4 Å². The van der Waals surface area contributed by atoms with Gasteiger partial charge in [-0.2, -0.15) is 5.10 Å². The van der Waals surface area contributed by atoms with Crippen LogP contribution in [0.15, 0.2) is 71.9 Å². The summed E-state index contributed by atoms with van der Waals surface area (Å²) < 4.78 is 15.0. The summed E-state index contributed by atoms with van der Waals surface area (Å²) in [7, 11) is 0. The van der Waals surface area contributed by atoms with E-state index < -0.39 is 0 Å². The number of nitrogens with one attached hydrogen (secondary N) is 1. The standard InChI is InChI=1S/C25H28FN5O2S/c26-21-7-4-6-20(14-21)16-29-10-5-11-30(13-12-29)25(33)18-31-17-22(15-27-31)28-24(32)19-34-23-8-2-1-3-9-23/h1-4,6-9,14-15,17H,5,10-13,16,18-19H2,(H,28,32). The lowest BCUT2D eigenvalue weighted by Crippen LogP contribution is -2.37. The van der Waals surface area contributed by atoms with E-state index >= 15 is 0 Å². The van der Waals surface area contributed by atoms with Crippen molar-refractivity contribution < 1.29 is 14.0 Å². The van der Waals surface area contributed by atoms with Crippen molar-refractivity contribution in [3.8, 4) is 0 Å². The molecule has 0 radical (unpaired) electrons. The van der Waals surface area contributed by atoms with Crippen molar-refractivity contribution in [1.82, 2.24) is 19.6 Å². The molecular weight excluding hydrogens is 453 g/mol. The molecule has 34 heavy (non-hydrogen) atoms. The SMILES string of the molecule is O=C(CSc1ccccc1)Nc1cnn(CC(=O)N2CCCN(Cc3cccc(F)c3)CC2)c1. The van der Waals surface area contributed by atoms with Crippen LogP contribution in [0.4, 0.5) is 10.1 Å². The van der Waals surface area contributed by atoms with E-state index in [-0.39, 0.29) is 24.2 Å². The van der Waals surface area contributed by atoms with Crippen molar-refractivity contribution in [3.05, 3.63) is 78.4 Å². The molecule has 2 amide bonds. The van der Waals surface area contributed by atoms with Crippen LogP contribution >= 0.6 is 11.8 Å². The second-order valence-corrected chi connectivity index (χ2v) is 9.27. The van der Waals surface area contributed by atoms with E-state index in [0.29, 0.717) is 31.1 Å². The molecule has 0 bridgehead atoms. The summed E-state index contributed by atoms with van der Waals surface area (Å²) in [6.45, 7) is 3.69. The van der Waals surface area contributed by atoms with E-state index in [4.69, 9.17) is 0 Å². The molecule has 2 heterocycles. The van der Waals surface area contributed by atoms with E-state index in [0.717, 1.165) is 30.0 Å². The molecule has 1 aromatic heterocycles. The van der Waals surface area contributed by atoms with Gasteiger partial charge in [-0.3, -0.25) is 19.2 Å². The minimum atomic E-state index is -0.228. The van der Waals surface area contributed by atoms with Crippen LogP contribution in [0, 0.1) is 5.82 Å². The summed E-state index contributed by atoms with van der Waals surface area (Å²) >= 11 is 1.46. The molecule has 1 N–H and O–H groups in total. The lowest BCUT2D eigenvalue weighted by Gasteiger charge is -2.22. The Kier molecular flexibility index (Phi) is 8.32. The summed E-state index contributed by atoms with van der Waals surface area (Å²) in [6.07, 6.45) is 4.10. The molecule has 3 aromatic rings. The number of hydrogen-bond donors (Lipinski definition) is 1. The number of nitrogens with zero attached hydrogens (tertiary/aromatic N) is 4. The number of benzene rings is 2. The quantitative estimate of drug-likeness (QED) is 0.499. The van der Waals surface area contributed by atoms with Crippen molar-refractivity contribution >= 4 is 29.3 Å². The third-order valence-electron chi connectivity index (χ3n) is 5.56. The molecular formula is C25H28FN5O2S. The molecule has 178 valence electrons. The number of amides is 2. The third-order valence-corrected chi connectivity index (χ3v) is 6.58. The molecule has 2 aromatic carbocycles. The van der Waals surface area contributed by atoms with E-state index in [1.807, 2.05) is 41.3 Å². The minimum Gasteiger partial charge on any atom is -0.340 e. The maximum Gasteiger partial charge on any atom is 0.244 e. The molecule has 0 spiro atoms. The topological polar surface area (TPSA) is 70.5 Å². The molecule has 0 atom stereocenters. The fourth-order valence-corrected chi connectivity index (χ4v) is 4.61. The minimum absolute atomic E-state index is 0.00628. The van der Waals surface area contributed by atoms with Gasteiger partial charge < -0.3 is 10.2 Å². The molecule has 0 saturated carbocycles. The van der Waals surface area contributed by atoms with E-state index in [1.165, 1.54) is 17.8 Å². The van der Waals surface area contributed by atoms with Crippen LogP contribution < -0.4 is 5.32 Å². The highest BCUT2D eigenvalue weighted by Gasteiger charge is 2.20. The van der Waals surface area contributed by atoms with Crippen LogP contribution in [-0.2, 0) is 22.7 Å². The number of rotatable bonds is 8. The Morgan fingerprint density at radius 1 is 1.03 bits per heavy atom. The molecule has 1 aliphatic heterocycles. The number of halogens is 1. The smallest absolute Gasteiger partial charge is 0.244 e. The maximum atomic E-state index is 13.5. The third kappa shape index (κ3) is 7.16. The Labute approximate surface area is 202 Å². The Morgan fingerprint density at radius 3 is 2.71 bits per heavy atom. The summed E-state index contributed by atoms with van der Waals surface area (Å²) in [5.41, 5.74) is 1.51. The number of thioether (sulfide) groups is 1. The van der Waals surface area contributed by atoms with E-state index in [2.05, 4.69) is 15.3 Å². The van der Waals surface area contributed by atoms with Crippen LogP contribution in [0.5, 0.6) is 0 Å². The first-order chi connectivity index (χ1) is 16.5. The molecule has 4 rings (SSSR count). The van der Waals surface area contributed by atoms with Crippen molar-refractivity contribution in [2.45, 2.75) is 24.4 Å². The first-order valence-electron chi connectivity index (χ1n) is 11.3. The average molecular weight is 482 g/mol. The fraction of sp³-hybridized carbons (Fsp3) is 0.320. The van der Waals surface area contributed by atoms with Gasteiger partial charge in [0.2, 0.25) is 11.8 Å². The zero-order chi connectivity index (χ0) is 23.8. The second kappa shape index (κ2) is 11.8. The number of anilines is 1. The molecule has 7 nitrogen and oxygen atoms in total. The zero-order valence-corrected chi connectivity index (χ0v) is 19.7. The Morgan fingerprint density at radius 2 is 1.88 bits per heavy atom. The normalized spacial score (nSPS) is 14.6. The van der Waals surface area contributed by atoms with Crippen LogP contribution in [0.3, 0.4) is 0 Å². The largest absolute Gasteiger partial charge is 0.340 e. The highest BCUT2D eigenvalue weighted by atomic mass is 32.2. The summed E-state index contributed by atoms with van der Waals surface area (Å²) in [5.74, 6) is -0.0543. The highest BCUT2D eigenvalue weighted by Crippen LogP contribution is 2.17. The van der Waals surface area contributed by atoms with Crippen molar-refractivity contribution in [3.63, 3.8) is 0 Å². The van der Waals surface area contributed by atoms with Crippen LogP contribution in [-0.4, -0.2) is 63.3 Å². The Bertz CT molecular complexity index is 1110. The van der Waals surface area contributed by atoms with E-state index in [1.54, 1.807) is 29.2 Å². The number of hydrogen-bond acceptors (Lipinski definition) is 5. The molecule has 1 aliphatic rings. The summed E-state index contributed by atoms with van der Waals surface area (Å²) in [5, 5.41) is 7.05. The van der Waals surface area contributed by atoms with E-state index in [9.17, 15) is 14.0 Å². The highest BCUT2D eigenvalue weighted by molar-refractivity contribution is 8.00. The van der Waals surface area contributed by atoms with Crippen molar-refractivity contribution in [2.24, 2.45) is 0 Å². The zero-order valence-electron chi connectivity index (χ0n) is 18.9. The fourth-order valence-electron chi connectivity index (χ4n) is 3.89. The average Bonchev–Trinajstić information content (AvgIpc) is 3.12. The first-order valence-corrected chi connectivity index (χ1v) is 12.3. The van der Waals surface area contributed by atoms with Gasteiger partial charge in [-0.25, -0.2) is 4.39 Å². The molecule has 0 unspecified atom stereocenters. The number of aromatic nitrogens is 2. The monoisotopic (exact) mass is 481 g/mol. The van der Waals surface area contributed by atoms with Gasteiger partial charge in [0, 0.05) is 43.8 Å². The molecule has 9 heteroatoms. The maximum absolute atomic E-state index is 13.5. The second-order valence-electron chi connectivity index (χ2n) is 8.22. The Hall–Kier alpha value is -3.17. The van der Waals surface area contributed by atoms with Gasteiger partial charge >= 0.3 is 0 Å². The van der Waals surface area contributed by atoms with Gasteiger partial charge in [0.15, 0.2) is 0 Å². The predicted octanol–water partition coefficient (Wildman–Crippen LogP) is 3.49. The van der Waals surface area contributed by atoms with Gasteiger partial charge in [-0.15, -0.1) is 11.8 Å². The number of carbonyl (C=O) groups excluding carboxylic acids is 2. The molecule has 1 fully saturated rings. The van der Waals surface area contributed by atoms with Crippen LogP contribution in [0.1, 0.15) is 12.0 Å². The lowest BCUT2D eigenvalue weighted by atomic mass is 10.2. The predicted molar refractivity (Wildman–Crippen MR) is 131 cm³/mol. The molecule has 0 aliphatic carbocycles. The lowest BCUT2D eigenvalue weighted by molar-refractivity contribution is -0.131. The Balaban J connectivity index is 1.22. The molecule has 1 saturated heterocycles. The first kappa shape index (κ1) is 24.0. The van der Waals surface area contributed by atoms with Crippen LogP contribution in [0.25, 0.3) is 0 Å². The number of carbonyl (C=O) groups is 2. The van der Waals surface area contributed by atoms with Gasteiger partial charge in [0.25, 0.3) is 0 Å². The summed E-state index contributed by atoms with van der Waals surface area (Å²) in [6, 6.07) is 16.4.